The number of benzene rings is 3. The zero-order valence-electron chi connectivity index (χ0n) is 15.9. The number of hydrogen-bond acceptors (Lipinski definition) is 5. The molecule has 4 rings (SSSR count). The fourth-order valence-corrected chi connectivity index (χ4v) is 2.77. The summed E-state index contributed by atoms with van der Waals surface area (Å²) in [5.41, 5.74) is 6.15. The van der Waals surface area contributed by atoms with Crippen molar-refractivity contribution in [1.82, 2.24) is 5.43 Å². The van der Waals surface area contributed by atoms with Crippen LogP contribution in [0.15, 0.2) is 71.8 Å². The average Bonchev–Trinajstić information content (AvgIpc) is 3.22. The van der Waals surface area contributed by atoms with Crippen molar-refractivity contribution in [1.29, 1.82) is 0 Å². The smallest absolute Gasteiger partial charge is 0.271 e. The van der Waals surface area contributed by atoms with Gasteiger partial charge in [0, 0.05) is 5.56 Å². The van der Waals surface area contributed by atoms with Gasteiger partial charge in [-0.05, 0) is 60.5 Å². The SMILES string of the molecule is Cc1ccc(COc2ccc(/C=N/NC(=O)c3ccc4c(c3)OCO4)cc2)cc1. The molecule has 0 aromatic heterocycles. The Balaban J connectivity index is 1.29. The third-order valence-corrected chi connectivity index (χ3v) is 4.42. The van der Waals surface area contributed by atoms with Crippen molar-refractivity contribution < 1.29 is 19.0 Å². The van der Waals surface area contributed by atoms with E-state index >= 15 is 0 Å². The minimum Gasteiger partial charge on any atom is -0.489 e. The van der Waals surface area contributed by atoms with E-state index in [1.165, 1.54) is 5.56 Å². The maximum atomic E-state index is 12.2. The molecule has 3 aromatic carbocycles. The van der Waals surface area contributed by atoms with Crippen molar-refractivity contribution in [2.45, 2.75) is 13.5 Å². The molecule has 0 spiro atoms. The maximum absolute atomic E-state index is 12.2. The van der Waals surface area contributed by atoms with E-state index in [2.05, 4.69) is 41.7 Å². The highest BCUT2D eigenvalue weighted by molar-refractivity contribution is 5.95. The van der Waals surface area contributed by atoms with Gasteiger partial charge in [-0.2, -0.15) is 5.10 Å². The average molecular weight is 388 g/mol. The summed E-state index contributed by atoms with van der Waals surface area (Å²) in [5, 5.41) is 4.01. The summed E-state index contributed by atoms with van der Waals surface area (Å²) in [6.45, 7) is 2.74. The van der Waals surface area contributed by atoms with Crippen LogP contribution in [0.1, 0.15) is 27.0 Å². The zero-order chi connectivity index (χ0) is 20.1. The first kappa shape index (κ1) is 18.6. The Labute approximate surface area is 168 Å². The Kier molecular flexibility index (Phi) is 5.42. The number of ether oxygens (including phenoxy) is 3. The molecular formula is C23H20N2O4. The summed E-state index contributed by atoms with van der Waals surface area (Å²) in [6, 6.07) is 20.7. The lowest BCUT2D eigenvalue weighted by Gasteiger charge is -2.07. The molecule has 1 aliphatic rings. The van der Waals surface area contributed by atoms with Crippen LogP contribution in [-0.4, -0.2) is 18.9 Å². The molecule has 3 aromatic rings. The lowest BCUT2D eigenvalue weighted by molar-refractivity contribution is 0.0954. The Morgan fingerprint density at radius 2 is 1.79 bits per heavy atom. The molecule has 0 fully saturated rings. The highest BCUT2D eigenvalue weighted by Crippen LogP contribution is 2.32. The largest absolute Gasteiger partial charge is 0.489 e. The minimum absolute atomic E-state index is 0.170. The van der Waals surface area contributed by atoms with Gasteiger partial charge in [-0.25, -0.2) is 5.43 Å². The Bertz CT molecular complexity index is 1030. The molecule has 0 atom stereocenters. The quantitative estimate of drug-likeness (QED) is 0.511. The van der Waals surface area contributed by atoms with E-state index in [1.54, 1.807) is 24.4 Å². The summed E-state index contributed by atoms with van der Waals surface area (Å²) < 4.78 is 16.3. The Hall–Kier alpha value is -3.80. The van der Waals surface area contributed by atoms with Gasteiger partial charge in [0.2, 0.25) is 6.79 Å². The first-order valence-corrected chi connectivity index (χ1v) is 9.19. The Morgan fingerprint density at radius 3 is 2.59 bits per heavy atom. The van der Waals surface area contributed by atoms with Crippen LogP contribution in [0, 0.1) is 6.92 Å². The first-order valence-electron chi connectivity index (χ1n) is 9.19. The molecule has 29 heavy (non-hydrogen) atoms. The number of nitrogens with zero attached hydrogens (tertiary/aromatic N) is 1. The number of amides is 1. The highest BCUT2D eigenvalue weighted by atomic mass is 16.7. The fourth-order valence-electron chi connectivity index (χ4n) is 2.77. The highest BCUT2D eigenvalue weighted by Gasteiger charge is 2.15. The third kappa shape index (κ3) is 4.73. The van der Waals surface area contributed by atoms with Gasteiger partial charge >= 0.3 is 0 Å². The second kappa shape index (κ2) is 8.48. The van der Waals surface area contributed by atoms with Crippen molar-refractivity contribution in [3.05, 3.63) is 89.0 Å². The van der Waals surface area contributed by atoms with Gasteiger partial charge in [0.05, 0.1) is 6.21 Å². The normalized spacial score (nSPS) is 12.2. The monoisotopic (exact) mass is 388 g/mol. The number of hydrazone groups is 1. The molecule has 1 N–H and O–H groups in total. The number of nitrogens with one attached hydrogen (secondary N) is 1. The van der Waals surface area contributed by atoms with Gasteiger partial charge in [0.1, 0.15) is 12.4 Å². The van der Waals surface area contributed by atoms with Gasteiger partial charge in [-0.15, -0.1) is 0 Å². The van der Waals surface area contributed by atoms with Gasteiger partial charge in [0.15, 0.2) is 11.5 Å². The molecule has 0 saturated carbocycles. The van der Waals surface area contributed by atoms with Crippen molar-refractivity contribution in [2.24, 2.45) is 5.10 Å². The van der Waals surface area contributed by atoms with Crippen molar-refractivity contribution in [3.63, 3.8) is 0 Å². The first-order chi connectivity index (χ1) is 14.2. The predicted molar refractivity (Wildman–Crippen MR) is 110 cm³/mol. The standard InChI is InChI=1S/C23H20N2O4/c1-16-2-4-18(5-3-16)14-27-20-9-6-17(7-10-20)13-24-25-23(26)19-8-11-21-22(12-19)29-15-28-21/h2-13H,14-15H2,1H3,(H,25,26)/b24-13+. The predicted octanol–water partition coefficient (Wildman–Crippen LogP) is 4.07. The number of aryl methyl sites for hydroxylation is 1. The van der Waals surface area contributed by atoms with E-state index in [4.69, 9.17) is 14.2 Å². The summed E-state index contributed by atoms with van der Waals surface area (Å²) in [4.78, 5) is 12.2. The number of carbonyl (C=O) groups excluding carboxylic acids is 1. The molecule has 0 aliphatic carbocycles. The van der Waals surface area contributed by atoms with Crippen LogP contribution in [0.3, 0.4) is 0 Å². The van der Waals surface area contributed by atoms with Crippen LogP contribution in [0.5, 0.6) is 17.2 Å². The molecule has 146 valence electrons. The maximum Gasteiger partial charge on any atom is 0.271 e. The molecular weight excluding hydrogens is 368 g/mol. The summed E-state index contributed by atoms with van der Waals surface area (Å²) in [7, 11) is 0. The molecule has 0 radical (unpaired) electrons. The fraction of sp³-hybridized carbons (Fsp3) is 0.130. The van der Waals surface area contributed by atoms with Gasteiger partial charge in [-0.3, -0.25) is 4.79 Å². The van der Waals surface area contributed by atoms with Gasteiger partial charge in [0.25, 0.3) is 5.91 Å². The van der Waals surface area contributed by atoms with Crippen LogP contribution in [-0.2, 0) is 6.61 Å². The third-order valence-electron chi connectivity index (χ3n) is 4.42. The van der Waals surface area contributed by atoms with E-state index in [9.17, 15) is 4.79 Å². The second-order valence-electron chi connectivity index (χ2n) is 6.61. The van der Waals surface area contributed by atoms with E-state index in [1.807, 2.05) is 24.3 Å². The summed E-state index contributed by atoms with van der Waals surface area (Å²) in [6.07, 6.45) is 1.58. The minimum atomic E-state index is -0.322. The summed E-state index contributed by atoms with van der Waals surface area (Å²) >= 11 is 0. The molecule has 0 bridgehead atoms. The van der Waals surface area contributed by atoms with Crippen molar-refractivity contribution in [3.8, 4) is 17.2 Å². The van der Waals surface area contributed by atoms with Crippen LogP contribution in [0.4, 0.5) is 0 Å². The molecule has 6 heteroatoms. The lowest BCUT2D eigenvalue weighted by atomic mass is 10.2. The number of hydrogen-bond donors (Lipinski definition) is 1. The van der Waals surface area contributed by atoms with E-state index in [0.717, 1.165) is 16.9 Å². The molecule has 0 unspecified atom stereocenters. The molecule has 0 saturated heterocycles. The van der Waals surface area contributed by atoms with E-state index in [0.29, 0.717) is 23.7 Å². The molecule has 6 nitrogen and oxygen atoms in total. The van der Waals surface area contributed by atoms with Gasteiger partial charge < -0.3 is 14.2 Å². The van der Waals surface area contributed by atoms with Crippen LogP contribution < -0.4 is 19.6 Å². The van der Waals surface area contributed by atoms with Crippen LogP contribution >= 0.6 is 0 Å². The number of rotatable bonds is 6. The van der Waals surface area contributed by atoms with E-state index < -0.39 is 0 Å². The number of carbonyl (C=O) groups is 1. The van der Waals surface area contributed by atoms with Crippen molar-refractivity contribution in [2.75, 3.05) is 6.79 Å². The van der Waals surface area contributed by atoms with Crippen LogP contribution in [0.25, 0.3) is 0 Å². The van der Waals surface area contributed by atoms with Crippen LogP contribution in [0.2, 0.25) is 0 Å². The zero-order valence-corrected chi connectivity index (χ0v) is 15.9. The topological polar surface area (TPSA) is 69.2 Å². The lowest BCUT2D eigenvalue weighted by Crippen LogP contribution is -2.17. The number of fused-ring (bicyclic) bond motifs is 1. The summed E-state index contributed by atoms with van der Waals surface area (Å²) in [5.74, 6) is 1.64. The molecule has 1 heterocycles. The second-order valence-corrected chi connectivity index (χ2v) is 6.61. The Morgan fingerprint density at radius 1 is 1.03 bits per heavy atom. The molecule has 1 aliphatic heterocycles. The van der Waals surface area contributed by atoms with Gasteiger partial charge in [-0.1, -0.05) is 29.8 Å². The van der Waals surface area contributed by atoms with E-state index in [-0.39, 0.29) is 12.7 Å². The molecule has 1 amide bonds. The van der Waals surface area contributed by atoms with Crippen molar-refractivity contribution >= 4 is 12.1 Å².